The molecule has 3 nitrogen and oxygen atoms in total. The van der Waals surface area contributed by atoms with Crippen molar-refractivity contribution in [3.05, 3.63) is 29.3 Å². The summed E-state index contributed by atoms with van der Waals surface area (Å²) in [6.07, 6.45) is 3.77. The molecule has 1 heterocycles. The molecule has 0 radical (unpaired) electrons. The van der Waals surface area contributed by atoms with Gasteiger partial charge in [0.25, 0.3) is 0 Å². The monoisotopic (exact) mass is 290 g/mol. The van der Waals surface area contributed by atoms with Gasteiger partial charge < -0.3 is 10.1 Å². The van der Waals surface area contributed by atoms with Crippen LogP contribution in [-0.2, 0) is 0 Å². The fourth-order valence-electron chi connectivity index (χ4n) is 3.43. The van der Waals surface area contributed by atoms with Crippen molar-refractivity contribution in [1.82, 2.24) is 10.2 Å². The largest absolute Gasteiger partial charge is 0.496 e. The van der Waals surface area contributed by atoms with E-state index in [0.29, 0.717) is 12.1 Å². The minimum atomic E-state index is 0.393. The molecule has 1 aliphatic heterocycles. The molecule has 0 amide bonds. The van der Waals surface area contributed by atoms with Gasteiger partial charge in [-0.3, -0.25) is 4.90 Å². The third kappa shape index (κ3) is 3.98. The fourth-order valence-corrected chi connectivity index (χ4v) is 3.43. The van der Waals surface area contributed by atoms with Crippen LogP contribution in [0.15, 0.2) is 18.2 Å². The first-order valence-corrected chi connectivity index (χ1v) is 8.28. The number of ether oxygens (including phenoxy) is 1. The number of hydrogen-bond acceptors (Lipinski definition) is 3. The van der Waals surface area contributed by atoms with Crippen LogP contribution < -0.4 is 10.1 Å². The van der Waals surface area contributed by atoms with E-state index in [9.17, 15) is 0 Å². The van der Waals surface area contributed by atoms with E-state index >= 15 is 0 Å². The Morgan fingerprint density at radius 3 is 2.86 bits per heavy atom. The molecule has 1 aromatic rings. The first kappa shape index (κ1) is 16.3. The van der Waals surface area contributed by atoms with Crippen molar-refractivity contribution in [1.29, 1.82) is 0 Å². The molecular weight excluding hydrogens is 260 g/mol. The lowest BCUT2D eigenvalue weighted by Gasteiger charge is -2.39. The van der Waals surface area contributed by atoms with E-state index in [1.807, 2.05) is 0 Å². The molecule has 0 saturated carbocycles. The lowest BCUT2D eigenvalue weighted by Crippen LogP contribution is -2.47. The van der Waals surface area contributed by atoms with Crippen LogP contribution in [0, 0.1) is 6.92 Å². The van der Waals surface area contributed by atoms with Gasteiger partial charge in [-0.1, -0.05) is 24.6 Å². The van der Waals surface area contributed by atoms with E-state index in [-0.39, 0.29) is 0 Å². The summed E-state index contributed by atoms with van der Waals surface area (Å²) >= 11 is 0. The van der Waals surface area contributed by atoms with Gasteiger partial charge in [0, 0.05) is 24.2 Å². The van der Waals surface area contributed by atoms with Crippen LogP contribution in [-0.4, -0.2) is 37.7 Å². The minimum absolute atomic E-state index is 0.393. The molecule has 0 bridgehead atoms. The summed E-state index contributed by atoms with van der Waals surface area (Å²) < 4.78 is 5.59. The molecule has 118 valence electrons. The summed E-state index contributed by atoms with van der Waals surface area (Å²) in [7, 11) is 1.77. The highest BCUT2D eigenvalue weighted by Gasteiger charge is 2.27. The SMILES string of the molecule is CCCN(C1CCCNC1)C(C)c1cc(C)ccc1OC. The molecule has 3 heteroatoms. The molecule has 1 N–H and O–H groups in total. The summed E-state index contributed by atoms with van der Waals surface area (Å²) in [4.78, 5) is 2.66. The summed E-state index contributed by atoms with van der Waals surface area (Å²) in [5, 5.41) is 3.55. The Morgan fingerprint density at radius 2 is 2.24 bits per heavy atom. The number of nitrogens with one attached hydrogen (secondary N) is 1. The van der Waals surface area contributed by atoms with Gasteiger partial charge in [0.15, 0.2) is 0 Å². The maximum absolute atomic E-state index is 5.59. The number of rotatable bonds is 6. The second-order valence-corrected chi connectivity index (χ2v) is 6.16. The Bertz CT molecular complexity index is 441. The van der Waals surface area contributed by atoms with Crippen molar-refractivity contribution in [2.75, 3.05) is 26.7 Å². The van der Waals surface area contributed by atoms with E-state index in [1.54, 1.807) is 7.11 Å². The molecule has 1 fully saturated rings. The van der Waals surface area contributed by atoms with Crippen molar-refractivity contribution in [3.8, 4) is 5.75 Å². The van der Waals surface area contributed by atoms with Gasteiger partial charge >= 0.3 is 0 Å². The van der Waals surface area contributed by atoms with Gasteiger partial charge in [0.1, 0.15) is 5.75 Å². The van der Waals surface area contributed by atoms with Crippen LogP contribution in [0.2, 0.25) is 0 Å². The third-order valence-corrected chi connectivity index (χ3v) is 4.55. The van der Waals surface area contributed by atoms with E-state index < -0.39 is 0 Å². The predicted molar refractivity (Wildman–Crippen MR) is 89.0 cm³/mol. The number of piperidine rings is 1. The van der Waals surface area contributed by atoms with Crippen molar-refractivity contribution in [2.24, 2.45) is 0 Å². The number of nitrogens with zero attached hydrogens (tertiary/aromatic N) is 1. The highest BCUT2D eigenvalue weighted by atomic mass is 16.5. The normalized spacial score (nSPS) is 20.5. The molecule has 2 rings (SSSR count). The molecule has 0 spiro atoms. The number of hydrogen-bond donors (Lipinski definition) is 1. The summed E-state index contributed by atoms with van der Waals surface area (Å²) in [6, 6.07) is 7.54. The summed E-state index contributed by atoms with van der Waals surface area (Å²) in [5.74, 6) is 1.01. The Morgan fingerprint density at radius 1 is 1.43 bits per heavy atom. The standard InChI is InChI=1S/C18H30N2O/c1-5-11-20(16-7-6-10-19-13-16)15(3)17-12-14(2)8-9-18(17)21-4/h8-9,12,15-16,19H,5-7,10-11,13H2,1-4H3. The second kappa shape index (κ2) is 7.81. The maximum atomic E-state index is 5.59. The minimum Gasteiger partial charge on any atom is -0.496 e. The molecule has 2 atom stereocenters. The van der Waals surface area contributed by atoms with Crippen LogP contribution in [0.1, 0.15) is 50.3 Å². The topological polar surface area (TPSA) is 24.5 Å². The van der Waals surface area contributed by atoms with Gasteiger partial charge in [-0.15, -0.1) is 0 Å². The third-order valence-electron chi connectivity index (χ3n) is 4.55. The van der Waals surface area contributed by atoms with E-state index in [0.717, 1.165) is 18.8 Å². The predicted octanol–water partition coefficient (Wildman–Crippen LogP) is 3.53. The van der Waals surface area contributed by atoms with Crippen molar-refractivity contribution >= 4 is 0 Å². The fraction of sp³-hybridized carbons (Fsp3) is 0.667. The quantitative estimate of drug-likeness (QED) is 0.867. The average Bonchev–Trinajstić information content (AvgIpc) is 2.52. The smallest absolute Gasteiger partial charge is 0.123 e. The Hall–Kier alpha value is -1.06. The molecule has 1 saturated heterocycles. The van der Waals surface area contributed by atoms with Crippen molar-refractivity contribution in [2.45, 2.75) is 52.1 Å². The number of aryl methyl sites for hydroxylation is 1. The van der Waals surface area contributed by atoms with Gasteiger partial charge in [-0.25, -0.2) is 0 Å². The van der Waals surface area contributed by atoms with E-state index in [4.69, 9.17) is 4.74 Å². The van der Waals surface area contributed by atoms with E-state index in [1.165, 1.54) is 36.9 Å². The lowest BCUT2D eigenvalue weighted by atomic mass is 9.98. The Labute approximate surface area is 129 Å². The zero-order valence-electron chi connectivity index (χ0n) is 14.0. The highest BCUT2D eigenvalue weighted by Crippen LogP contribution is 2.32. The van der Waals surface area contributed by atoms with Crippen LogP contribution in [0.5, 0.6) is 5.75 Å². The summed E-state index contributed by atoms with van der Waals surface area (Å²) in [6.45, 7) is 10.2. The first-order chi connectivity index (χ1) is 10.2. The highest BCUT2D eigenvalue weighted by molar-refractivity contribution is 5.39. The van der Waals surface area contributed by atoms with Crippen LogP contribution in [0.4, 0.5) is 0 Å². The molecule has 21 heavy (non-hydrogen) atoms. The van der Waals surface area contributed by atoms with Crippen LogP contribution in [0.3, 0.4) is 0 Å². The van der Waals surface area contributed by atoms with Crippen LogP contribution >= 0.6 is 0 Å². The zero-order valence-corrected chi connectivity index (χ0v) is 14.0. The van der Waals surface area contributed by atoms with Crippen LogP contribution in [0.25, 0.3) is 0 Å². The molecule has 2 unspecified atom stereocenters. The van der Waals surface area contributed by atoms with Gasteiger partial charge in [0.05, 0.1) is 7.11 Å². The second-order valence-electron chi connectivity index (χ2n) is 6.16. The number of methoxy groups -OCH3 is 1. The van der Waals surface area contributed by atoms with Crippen molar-refractivity contribution < 1.29 is 4.74 Å². The molecule has 0 aliphatic carbocycles. The molecule has 1 aliphatic rings. The van der Waals surface area contributed by atoms with Gasteiger partial charge in [0.2, 0.25) is 0 Å². The first-order valence-electron chi connectivity index (χ1n) is 8.28. The molecular formula is C18H30N2O. The molecule has 0 aromatic heterocycles. The molecule has 1 aromatic carbocycles. The maximum Gasteiger partial charge on any atom is 0.123 e. The Kier molecular flexibility index (Phi) is 6.07. The van der Waals surface area contributed by atoms with E-state index in [2.05, 4.69) is 49.2 Å². The number of benzene rings is 1. The summed E-state index contributed by atoms with van der Waals surface area (Å²) in [5.41, 5.74) is 2.62. The zero-order chi connectivity index (χ0) is 15.2. The van der Waals surface area contributed by atoms with Crippen molar-refractivity contribution in [3.63, 3.8) is 0 Å². The van der Waals surface area contributed by atoms with Gasteiger partial charge in [-0.2, -0.15) is 0 Å². The van der Waals surface area contributed by atoms with Gasteiger partial charge in [-0.05, 0) is 52.3 Å². The Balaban J connectivity index is 2.24. The average molecular weight is 290 g/mol. The lowest BCUT2D eigenvalue weighted by molar-refractivity contribution is 0.119.